The summed E-state index contributed by atoms with van der Waals surface area (Å²) >= 11 is 0. The van der Waals surface area contributed by atoms with Crippen LogP contribution in [0, 0.1) is 22.2 Å². The summed E-state index contributed by atoms with van der Waals surface area (Å²) in [6.45, 7) is 3.99. The number of likely N-dealkylation sites (tertiary alicyclic amines) is 1. The zero-order valence-electron chi connectivity index (χ0n) is 15.1. The lowest BCUT2D eigenvalue weighted by Gasteiger charge is -2.38. The number of carbonyl (C=O) groups excluding carboxylic acids is 2. The molecule has 1 atom stereocenters. The van der Waals surface area contributed by atoms with Gasteiger partial charge in [0.05, 0.1) is 16.7 Å². The number of allylic oxidation sites excluding steroid dienone is 1. The van der Waals surface area contributed by atoms with Crippen molar-refractivity contribution in [3.05, 3.63) is 47.0 Å². The molecule has 1 fully saturated rings. The molecule has 7 heteroatoms. The minimum absolute atomic E-state index is 0.0660. The molecule has 27 heavy (non-hydrogen) atoms. The summed E-state index contributed by atoms with van der Waals surface area (Å²) in [5, 5.41) is 9.27. The lowest BCUT2D eigenvalue weighted by Crippen LogP contribution is -2.41. The van der Waals surface area contributed by atoms with Crippen LogP contribution < -0.4 is 0 Å². The van der Waals surface area contributed by atoms with Gasteiger partial charge in [-0.2, -0.15) is 18.4 Å². The first-order chi connectivity index (χ1) is 12.5. The Labute approximate surface area is 155 Å². The Morgan fingerprint density at radius 1 is 1.26 bits per heavy atom. The molecule has 1 saturated heterocycles. The zero-order chi connectivity index (χ0) is 20.0. The summed E-state index contributed by atoms with van der Waals surface area (Å²) in [6, 6.07) is 6.66. The lowest BCUT2D eigenvalue weighted by molar-refractivity contribution is -0.138. The lowest BCUT2D eigenvalue weighted by atomic mass is 9.64. The molecule has 0 bridgehead atoms. The number of hydrogen-bond acceptors (Lipinski definition) is 3. The van der Waals surface area contributed by atoms with Gasteiger partial charge in [0.15, 0.2) is 5.78 Å². The standard InChI is InChI=1S/C20H19F3N2O2/c1-18(2)11-19(9-13(10-24)16(18)26)7-8-25(12-19)17(27)14-5-3-4-6-15(14)20(21,22)23/h3-6,9H,7-8,11-12H2,1-2H3/t19-/m0/s1. The van der Waals surface area contributed by atoms with E-state index in [2.05, 4.69) is 0 Å². The molecule has 1 aliphatic carbocycles. The van der Waals surface area contributed by atoms with Gasteiger partial charge in [-0.1, -0.05) is 32.1 Å². The molecule has 0 aromatic heterocycles. The van der Waals surface area contributed by atoms with Crippen molar-refractivity contribution in [2.45, 2.75) is 32.9 Å². The Balaban J connectivity index is 1.92. The Morgan fingerprint density at radius 3 is 2.56 bits per heavy atom. The van der Waals surface area contributed by atoms with Crippen LogP contribution >= 0.6 is 0 Å². The molecule has 1 aromatic rings. The molecule has 0 N–H and O–H groups in total. The number of halogens is 3. The van der Waals surface area contributed by atoms with Gasteiger partial charge in [0.25, 0.3) is 5.91 Å². The first-order valence-electron chi connectivity index (χ1n) is 8.62. The van der Waals surface area contributed by atoms with Crippen molar-refractivity contribution in [1.82, 2.24) is 4.90 Å². The summed E-state index contributed by atoms with van der Waals surface area (Å²) in [7, 11) is 0. The Morgan fingerprint density at radius 2 is 1.93 bits per heavy atom. The molecule has 1 heterocycles. The van der Waals surface area contributed by atoms with E-state index in [1.54, 1.807) is 19.9 Å². The molecule has 3 rings (SSSR count). The maximum Gasteiger partial charge on any atom is 0.417 e. The quantitative estimate of drug-likeness (QED) is 0.745. The van der Waals surface area contributed by atoms with Crippen LogP contribution in [-0.2, 0) is 11.0 Å². The third-order valence-electron chi connectivity index (χ3n) is 5.36. The Hall–Kier alpha value is -2.62. The van der Waals surface area contributed by atoms with Crippen LogP contribution in [0.2, 0.25) is 0 Å². The van der Waals surface area contributed by atoms with E-state index < -0.39 is 28.5 Å². The number of ketones is 1. The van der Waals surface area contributed by atoms with E-state index in [4.69, 9.17) is 0 Å². The van der Waals surface area contributed by atoms with Crippen LogP contribution in [0.25, 0.3) is 0 Å². The largest absolute Gasteiger partial charge is 0.417 e. The van der Waals surface area contributed by atoms with Crippen LogP contribution in [0.5, 0.6) is 0 Å². The number of carbonyl (C=O) groups is 2. The molecule has 4 nitrogen and oxygen atoms in total. The summed E-state index contributed by atoms with van der Waals surface area (Å²) in [4.78, 5) is 26.5. The van der Waals surface area contributed by atoms with Crippen molar-refractivity contribution in [2.24, 2.45) is 10.8 Å². The first-order valence-corrected chi connectivity index (χ1v) is 8.62. The number of alkyl halides is 3. The molecule has 0 saturated carbocycles. The van der Waals surface area contributed by atoms with Gasteiger partial charge in [-0.3, -0.25) is 9.59 Å². The Bertz CT molecular complexity index is 880. The smallest absolute Gasteiger partial charge is 0.338 e. The maximum atomic E-state index is 13.2. The van der Waals surface area contributed by atoms with Crippen LogP contribution in [0.4, 0.5) is 13.2 Å². The van der Waals surface area contributed by atoms with Crippen LogP contribution in [0.3, 0.4) is 0 Å². The van der Waals surface area contributed by atoms with E-state index in [0.29, 0.717) is 12.8 Å². The molecule has 1 amide bonds. The van der Waals surface area contributed by atoms with E-state index in [-0.39, 0.29) is 30.0 Å². The summed E-state index contributed by atoms with van der Waals surface area (Å²) in [5.74, 6) is -0.913. The predicted molar refractivity (Wildman–Crippen MR) is 91.5 cm³/mol. The van der Waals surface area contributed by atoms with E-state index in [9.17, 15) is 28.0 Å². The SMILES string of the molecule is CC1(C)C[C@@]2(C=C(C#N)C1=O)CCN(C(=O)c1ccccc1C(F)(F)F)C2. The number of amides is 1. The van der Waals surface area contributed by atoms with Crippen molar-refractivity contribution in [2.75, 3.05) is 13.1 Å². The van der Waals surface area contributed by atoms with Crippen molar-refractivity contribution >= 4 is 11.7 Å². The molecule has 142 valence electrons. The molecule has 0 unspecified atom stereocenters. The second kappa shape index (κ2) is 6.22. The number of Topliss-reactive ketones (excluding diaryl/α,β-unsaturated/α-hetero) is 1. The number of rotatable bonds is 1. The fourth-order valence-electron chi connectivity index (χ4n) is 4.25. The number of benzene rings is 1. The minimum atomic E-state index is -4.61. The third kappa shape index (κ3) is 3.36. The molecule has 1 aromatic carbocycles. The summed E-state index contributed by atoms with van der Waals surface area (Å²) in [5.41, 5.74) is -2.58. The number of nitrogens with zero attached hydrogens (tertiary/aromatic N) is 2. The maximum absolute atomic E-state index is 13.2. The molecule has 0 radical (unpaired) electrons. The van der Waals surface area contributed by atoms with Gasteiger partial charge in [0.1, 0.15) is 6.07 Å². The van der Waals surface area contributed by atoms with E-state index >= 15 is 0 Å². The fraction of sp³-hybridized carbons (Fsp3) is 0.450. The minimum Gasteiger partial charge on any atom is -0.338 e. The highest BCUT2D eigenvalue weighted by atomic mass is 19.4. The molecular weight excluding hydrogens is 357 g/mol. The second-order valence-electron chi connectivity index (χ2n) is 7.94. The van der Waals surface area contributed by atoms with Crippen molar-refractivity contribution in [1.29, 1.82) is 5.26 Å². The predicted octanol–water partition coefficient (Wildman–Crippen LogP) is 3.99. The summed E-state index contributed by atoms with van der Waals surface area (Å²) in [6.07, 6.45) is -2.04. The summed E-state index contributed by atoms with van der Waals surface area (Å²) < 4.78 is 39.7. The van der Waals surface area contributed by atoms with Gasteiger partial charge in [0, 0.05) is 23.9 Å². The van der Waals surface area contributed by atoms with E-state index in [0.717, 1.165) is 6.07 Å². The van der Waals surface area contributed by atoms with Crippen molar-refractivity contribution in [3.63, 3.8) is 0 Å². The second-order valence-corrected chi connectivity index (χ2v) is 7.94. The van der Waals surface area contributed by atoms with Crippen LogP contribution in [0.15, 0.2) is 35.9 Å². The van der Waals surface area contributed by atoms with Gasteiger partial charge in [-0.15, -0.1) is 0 Å². The van der Waals surface area contributed by atoms with Gasteiger partial charge in [-0.05, 0) is 25.0 Å². The van der Waals surface area contributed by atoms with Gasteiger partial charge >= 0.3 is 6.18 Å². The average Bonchev–Trinajstić information content (AvgIpc) is 2.99. The van der Waals surface area contributed by atoms with E-state index in [1.165, 1.54) is 23.1 Å². The highest BCUT2D eigenvalue weighted by Crippen LogP contribution is 2.48. The highest BCUT2D eigenvalue weighted by Gasteiger charge is 2.49. The van der Waals surface area contributed by atoms with Crippen molar-refractivity contribution in [3.8, 4) is 6.07 Å². The fourth-order valence-corrected chi connectivity index (χ4v) is 4.25. The highest BCUT2D eigenvalue weighted by molar-refractivity contribution is 6.04. The molecule has 2 aliphatic rings. The zero-order valence-corrected chi connectivity index (χ0v) is 15.1. The molecular formula is C20H19F3N2O2. The van der Waals surface area contributed by atoms with Gasteiger partial charge < -0.3 is 4.90 Å². The van der Waals surface area contributed by atoms with Gasteiger partial charge in [-0.25, -0.2) is 0 Å². The van der Waals surface area contributed by atoms with Crippen LogP contribution in [-0.4, -0.2) is 29.7 Å². The first kappa shape index (κ1) is 19.2. The van der Waals surface area contributed by atoms with E-state index in [1.807, 2.05) is 6.07 Å². The Kier molecular flexibility index (Phi) is 4.41. The topological polar surface area (TPSA) is 61.2 Å². The number of nitriles is 1. The number of hydrogen-bond donors (Lipinski definition) is 0. The normalized spacial score (nSPS) is 24.7. The van der Waals surface area contributed by atoms with Crippen molar-refractivity contribution < 1.29 is 22.8 Å². The third-order valence-corrected chi connectivity index (χ3v) is 5.36. The monoisotopic (exact) mass is 376 g/mol. The van der Waals surface area contributed by atoms with Crippen LogP contribution in [0.1, 0.15) is 42.6 Å². The average molecular weight is 376 g/mol. The van der Waals surface area contributed by atoms with Gasteiger partial charge in [0.2, 0.25) is 0 Å². The molecule has 1 aliphatic heterocycles. The molecule has 1 spiro atoms.